The van der Waals surface area contributed by atoms with Gasteiger partial charge in [0.15, 0.2) is 0 Å². The van der Waals surface area contributed by atoms with Gasteiger partial charge >= 0.3 is 0 Å². The second kappa shape index (κ2) is 6.45. The molecule has 0 saturated heterocycles. The average molecular weight is 327 g/mol. The van der Waals surface area contributed by atoms with E-state index in [-0.39, 0.29) is 12.1 Å². The van der Waals surface area contributed by atoms with Gasteiger partial charge in [0.2, 0.25) is 5.91 Å². The van der Waals surface area contributed by atoms with E-state index in [0.717, 1.165) is 0 Å². The van der Waals surface area contributed by atoms with Crippen LogP contribution in [0.3, 0.4) is 0 Å². The van der Waals surface area contributed by atoms with E-state index in [2.05, 4.69) is 15.4 Å². The number of halogens is 1. The second-order valence-electron chi connectivity index (χ2n) is 5.16. The Bertz CT molecular complexity index is 792. The average Bonchev–Trinajstić information content (AvgIpc) is 3.02. The third-order valence-electron chi connectivity index (χ3n) is 3.50. The van der Waals surface area contributed by atoms with Crippen molar-refractivity contribution < 1.29 is 14.0 Å². The van der Waals surface area contributed by atoms with Crippen LogP contribution in [0, 0.1) is 5.82 Å². The van der Waals surface area contributed by atoms with E-state index in [4.69, 9.17) is 5.73 Å². The summed E-state index contributed by atoms with van der Waals surface area (Å²) < 4.78 is 13.1. The predicted octanol–water partition coefficient (Wildman–Crippen LogP) is 1.28. The molecule has 1 aliphatic rings. The molecule has 1 aromatic heterocycles. The van der Waals surface area contributed by atoms with E-state index < -0.39 is 23.7 Å². The number of benzene rings is 1. The van der Waals surface area contributed by atoms with Gasteiger partial charge in [-0.15, -0.1) is 0 Å². The van der Waals surface area contributed by atoms with Crippen molar-refractivity contribution in [2.75, 3.05) is 10.3 Å². The zero-order valence-electron chi connectivity index (χ0n) is 12.5. The van der Waals surface area contributed by atoms with Gasteiger partial charge < -0.3 is 11.1 Å². The van der Waals surface area contributed by atoms with Crippen molar-refractivity contribution in [2.24, 2.45) is 10.8 Å². The maximum Gasteiger partial charge on any atom is 0.273 e. The lowest BCUT2D eigenvalue weighted by atomic mass is 10.1. The second-order valence-corrected chi connectivity index (χ2v) is 5.16. The van der Waals surface area contributed by atoms with Crippen LogP contribution in [0.1, 0.15) is 6.42 Å². The molecule has 2 aromatic rings. The number of anilines is 2. The Morgan fingerprint density at radius 1 is 1.21 bits per heavy atom. The first-order valence-electron chi connectivity index (χ1n) is 7.18. The number of hydrogen-bond acceptors (Lipinski definition) is 5. The summed E-state index contributed by atoms with van der Waals surface area (Å²) in [5, 5.41) is 8.11. The number of carbonyl (C=O) groups excluding carboxylic acids is 2. The van der Waals surface area contributed by atoms with Crippen molar-refractivity contribution in [1.29, 1.82) is 0 Å². The molecule has 3 N–H and O–H groups in total. The highest BCUT2D eigenvalue weighted by molar-refractivity contribution is 6.44. The van der Waals surface area contributed by atoms with Crippen LogP contribution in [0.5, 0.6) is 0 Å². The van der Waals surface area contributed by atoms with Crippen LogP contribution in [0.15, 0.2) is 53.8 Å². The minimum Gasteiger partial charge on any atom is -0.368 e. The number of hydrogen-bond donors (Lipinski definition) is 2. The van der Waals surface area contributed by atoms with E-state index in [0.29, 0.717) is 11.5 Å². The Morgan fingerprint density at radius 3 is 2.58 bits per heavy atom. The highest BCUT2D eigenvalue weighted by Crippen LogP contribution is 2.25. The molecule has 7 nitrogen and oxygen atoms in total. The fourth-order valence-electron chi connectivity index (χ4n) is 2.33. The maximum atomic E-state index is 13.1. The molecule has 0 radical (unpaired) electrons. The summed E-state index contributed by atoms with van der Waals surface area (Å²) in [5.74, 6) is -1.12. The molecule has 2 heterocycles. The summed E-state index contributed by atoms with van der Waals surface area (Å²) in [4.78, 5) is 28.0. The summed E-state index contributed by atoms with van der Waals surface area (Å²) in [7, 11) is 0. The monoisotopic (exact) mass is 327 g/mol. The number of primary amides is 1. The van der Waals surface area contributed by atoms with Gasteiger partial charge in [0, 0.05) is 12.6 Å². The number of nitrogens with one attached hydrogen (secondary N) is 1. The van der Waals surface area contributed by atoms with Crippen molar-refractivity contribution in [3.63, 3.8) is 0 Å². The fourth-order valence-corrected chi connectivity index (χ4v) is 2.33. The molecule has 24 heavy (non-hydrogen) atoms. The highest BCUT2D eigenvalue weighted by Gasteiger charge is 2.35. The molecule has 122 valence electrons. The summed E-state index contributed by atoms with van der Waals surface area (Å²) >= 11 is 0. The third-order valence-corrected chi connectivity index (χ3v) is 3.50. The van der Waals surface area contributed by atoms with Crippen molar-refractivity contribution in [2.45, 2.75) is 12.5 Å². The molecule has 1 atom stereocenters. The Morgan fingerprint density at radius 2 is 1.96 bits per heavy atom. The quantitative estimate of drug-likeness (QED) is 0.883. The van der Waals surface area contributed by atoms with Crippen molar-refractivity contribution in [3.05, 3.63) is 54.5 Å². The minimum absolute atomic E-state index is 0.0609. The van der Waals surface area contributed by atoms with Gasteiger partial charge in [-0.05, 0) is 36.4 Å². The first kappa shape index (κ1) is 15.6. The Kier molecular flexibility index (Phi) is 4.19. The van der Waals surface area contributed by atoms with E-state index in [1.54, 1.807) is 24.4 Å². The molecule has 0 fully saturated rings. The van der Waals surface area contributed by atoms with Gasteiger partial charge in [-0.1, -0.05) is 6.07 Å². The molecule has 0 spiro atoms. The van der Waals surface area contributed by atoms with Crippen LogP contribution < -0.4 is 16.1 Å². The van der Waals surface area contributed by atoms with Crippen LogP contribution in [0.2, 0.25) is 0 Å². The highest BCUT2D eigenvalue weighted by atomic mass is 19.1. The molecule has 1 aliphatic heterocycles. The third kappa shape index (κ3) is 3.22. The predicted molar refractivity (Wildman–Crippen MR) is 86.8 cm³/mol. The van der Waals surface area contributed by atoms with E-state index in [9.17, 15) is 14.0 Å². The summed E-state index contributed by atoms with van der Waals surface area (Å²) in [6.45, 7) is 0. The number of aromatic nitrogens is 1. The molecule has 3 rings (SSSR count). The Labute approximate surface area is 137 Å². The van der Waals surface area contributed by atoms with E-state index in [1.807, 2.05) is 0 Å². The molecule has 8 heteroatoms. The number of carbonyl (C=O) groups is 2. The smallest absolute Gasteiger partial charge is 0.273 e. The molecule has 1 unspecified atom stereocenters. The maximum absolute atomic E-state index is 13.1. The van der Waals surface area contributed by atoms with E-state index in [1.165, 1.54) is 29.3 Å². The Balaban J connectivity index is 1.83. The number of hydrazone groups is 1. The normalized spacial score (nSPS) is 16.6. The zero-order chi connectivity index (χ0) is 17.1. The van der Waals surface area contributed by atoms with Gasteiger partial charge in [0.1, 0.15) is 23.4 Å². The first-order valence-corrected chi connectivity index (χ1v) is 7.18. The van der Waals surface area contributed by atoms with Gasteiger partial charge in [-0.3, -0.25) is 14.6 Å². The van der Waals surface area contributed by atoms with Crippen molar-refractivity contribution >= 4 is 29.0 Å². The first-order chi connectivity index (χ1) is 11.5. The number of amides is 2. The number of nitrogens with two attached hydrogens (primary N) is 1. The van der Waals surface area contributed by atoms with Crippen LogP contribution >= 0.6 is 0 Å². The molecule has 1 aromatic carbocycles. The lowest BCUT2D eigenvalue weighted by Crippen LogP contribution is -2.39. The summed E-state index contributed by atoms with van der Waals surface area (Å²) in [6.07, 6.45) is 1.61. The molecular formula is C16H14FN5O2. The van der Waals surface area contributed by atoms with Crippen molar-refractivity contribution in [1.82, 2.24) is 4.98 Å². The topological polar surface area (TPSA) is 101 Å². The lowest BCUT2D eigenvalue weighted by Gasteiger charge is -2.20. The molecule has 0 bridgehead atoms. The van der Waals surface area contributed by atoms with Gasteiger partial charge in [-0.25, -0.2) is 9.37 Å². The number of nitrogens with zero attached hydrogens (tertiary/aromatic N) is 3. The van der Waals surface area contributed by atoms with Crippen LogP contribution in [0.25, 0.3) is 0 Å². The van der Waals surface area contributed by atoms with Gasteiger partial charge in [0.25, 0.3) is 5.91 Å². The van der Waals surface area contributed by atoms with Gasteiger partial charge in [-0.2, -0.15) is 5.10 Å². The molecule has 2 amide bonds. The SMILES string of the molecule is NC(=O)C1CC(C(=O)Nc2ccccn2)=NN1c1ccc(F)cc1. The standard InChI is InChI=1S/C16H14FN5O2/c17-10-4-6-11(7-5-10)22-13(15(18)23)9-12(21-22)16(24)20-14-3-1-2-8-19-14/h1-8,13H,9H2,(H2,18,23)(H,19,20,24). The van der Waals surface area contributed by atoms with Gasteiger partial charge in [0.05, 0.1) is 5.69 Å². The molecule has 0 saturated carbocycles. The number of rotatable bonds is 4. The minimum atomic E-state index is -0.806. The van der Waals surface area contributed by atoms with Crippen LogP contribution in [-0.2, 0) is 9.59 Å². The molecular weight excluding hydrogens is 313 g/mol. The largest absolute Gasteiger partial charge is 0.368 e. The lowest BCUT2D eigenvalue weighted by molar-refractivity contribution is -0.119. The summed E-state index contributed by atoms with van der Waals surface area (Å²) in [6, 6.07) is 9.71. The Hall–Kier alpha value is -3.29. The fraction of sp³-hybridized carbons (Fsp3) is 0.125. The van der Waals surface area contributed by atoms with Crippen LogP contribution in [-0.4, -0.2) is 28.6 Å². The van der Waals surface area contributed by atoms with Crippen LogP contribution in [0.4, 0.5) is 15.9 Å². The summed E-state index contributed by atoms with van der Waals surface area (Å²) in [5.41, 5.74) is 6.02. The number of pyridine rings is 1. The molecule has 0 aliphatic carbocycles. The van der Waals surface area contributed by atoms with E-state index >= 15 is 0 Å². The zero-order valence-corrected chi connectivity index (χ0v) is 12.5. The van der Waals surface area contributed by atoms with Crippen molar-refractivity contribution in [3.8, 4) is 0 Å².